The molecule has 1 aromatic rings. The van der Waals surface area contributed by atoms with Gasteiger partial charge in [0.05, 0.1) is 12.1 Å². The first-order valence-electron chi connectivity index (χ1n) is 9.84. The predicted molar refractivity (Wildman–Crippen MR) is 96.8 cm³/mol. The third-order valence-corrected chi connectivity index (χ3v) is 6.02. The molecule has 0 spiro atoms. The summed E-state index contributed by atoms with van der Waals surface area (Å²) in [5.74, 6) is -0.167. The number of fused-ring (bicyclic) bond motifs is 1. The van der Waals surface area contributed by atoms with Gasteiger partial charge in [0.1, 0.15) is 6.54 Å². The van der Waals surface area contributed by atoms with Crippen molar-refractivity contribution >= 4 is 11.8 Å². The Kier molecular flexibility index (Phi) is 4.88. The molecule has 2 amide bonds. The Morgan fingerprint density at radius 2 is 1.96 bits per heavy atom. The number of likely N-dealkylation sites (tertiary alicyclic amines) is 2. The highest BCUT2D eigenvalue weighted by Gasteiger charge is 2.44. The summed E-state index contributed by atoms with van der Waals surface area (Å²) in [6, 6.07) is 0.134. The molecule has 1 aliphatic carbocycles. The van der Waals surface area contributed by atoms with Gasteiger partial charge in [0.25, 0.3) is 0 Å². The standard InChI is InChI=1S/C19H26N4O4/c1-13-20-23(19(26)27-13)12-17(24)21-11-9-16-15(21)8-5-10-22(16)18(25)14-6-3-2-4-7-14/h2-3,14-16H,4-12H2,1H3/t14-,15-,16-/m1/s1. The van der Waals surface area contributed by atoms with Gasteiger partial charge in [-0.3, -0.25) is 9.59 Å². The fourth-order valence-corrected chi connectivity index (χ4v) is 4.75. The van der Waals surface area contributed by atoms with Crippen LogP contribution in [0.15, 0.2) is 21.4 Å². The Morgan fingerprint density at radius 1 is 1.15 bits per heavy atom. The minimum absolute atomic E-state index is 0.0398. The van der Waals surface area contributed by atoms with Crippen molar-refractivity contribution in [3.8, 4) is 0 Å². The normalized spacial score (nSPS) is 27.7. The average Bonchev–Trinajstić information content (AvgIpc) is 3.24. The highest BCUT2D eigenvalue weighted by Crippen LogP contribution is 2.33. The van der Waals surface area contributed by atoms with E-state index in [2.05, 4.69) is 17.3 Å². The van der Waals surface area contributed by atoms with Crippen LogP contribution >= 0.6 is 0 Å². The number of hydrogen-bond donors (Lipinski definition) is 0. The van der Waals surface area contributed by atoms with E-state index in [1.807, 2.05) is 9.80 Å². The van der Waals surface area contributed by atoms with Crippen LogP contribution in [-0.2, 0) is 16.1 Å². The molecule has 146 valence electrons. The second kappa shape index (κ2) is 7.32. The van der Waals surface area contributed by atoms with E-state index in [9.17, 15) is 14.4 Å². The van der Waals surface area contributed by atoms with Crippen LogP contribution < -0.4 is 5.76 Å². The van der Waals surface area contributed by atoms with Gasteiger partial charge in [-0.25, -0.2) is 4.79 Å². The summed E-state index contributed by atoms with van der Waals surface area (Å²) in [5.41, 5.74) is 0. The smallest absolute Gasteiger partial charge is 0.393 e. The topological polar surface area (TPSA) is 88.7 Å². The summed E-state index contributed by atoms with van der Waals surface area (Å²) in [7, 11) is 0. The number of allylic oxidation sites excluding steroid dienone is 2. The molecule has 2 saturated heterocycles. The molecule has 8 heteroatoms. The molecule has 0 bridgehead atoms. The van der Waals surface area contributed by atoms with Crippen LogP contribution in [0.4, 0.5) is 0 Å². The van der Waals surface area contributed by atoms with Gasteiger partial charge in [0.2, 0.25) is 17.7 Å². The van der Waals surface area contributed by atoms with Crippen LogP contribution in [0.2, 0.25) is 0 Å². The predicted octanol–water partition coefficient (Wildman–Crippen LogP) is 1.09. The Morgan fingerprint density at radius 3 is 2.67 bits per heavy atom. The highest BCUT2D eigenvalue weighted by molar-refractivity contribution is 5.81. The lowest BCUT2D eigenvalue weighted by Crippen LogP contribution is -2.54. The van der Waals surface area contributed by atoms with Crippen molar-refractivity contribution in [2.75, 3.05) is 13.1 Å². The SMILES string of the molecule is Cc1nn(CC(=O)N2CC[C@@H]3[C@H]2CCCN3C(=O)[C@@H]2CC=CCC2)c(=O)o1. The summed E-state index contributed by atoms with van der Waals surface area (Å²) >= 11 is 0. The largest absolute Gasteiger partial charge is 0.437 e. The number of hydrogen-bond acceptors (Lipinski definition) is 5. The van der Waals surface area contributed by atoms with Gasteiger partial charge in [-0.15, -0.1) is 5.10 Å². The zero-order chi connectivity index (χ0) is 19.0. The summed E-state index contributed by atoms with van der Waals surface area (Å²) in [6.45, 7) is 2.87. The summed E-state index contributed by atoms with van der Waals surface area (Å²) < 4.78 is 5.94. The molecule has 0 saturated carbocycles. The van der Waals surface area contributed by atoms with E-state index in [0.29, 0.717) is 6.54 Å². The van der Waals surface area contributed by atoms with Crippen LogP contribution in [0.1, 0.15) is 44.4 Å². The highest BCUT2D eigenvalue weighted by atomic mass is 16.4. The molecule has 4 rings (SSSR count). The summed E-state index contributed by atoms with van der Waals surface area (Å²) in [5, 5.41) is 3.95. The fraction of sp³-hybridized carbons (Fsp3) is 0.684. The zero-order valence-corrected chi connectivity index (χ0v) is 15.7. The maximum Gasteiger partial charge on any atom is 0.437 e. The second-order valence-corrected chi connectivity index (χ2v) is 7.71. The number of aromatic nitrogens is 2. The molecule has 8 nitrogen and oxygen atoms in total. The first-order valence-corrected chi connectivity index (χ1v) is 9.84. The molecule has 0 aromatic carbocycles. The zero-order valence-electron chi connectivity index (χ0n) is 15.7. The van der Waals surface area contributed by atoms with Crippen LogP contribution in [0.3, 0.4) is 0 Å². The quantitative estimate of drug-likeness (QED) is 0.739. The fourth-order valence-electron chi connectivity index (χ4n) is 4.75. The van der Waals surface area contributed by atoms with Crippen molar-refractivity contribution in [1.82, 2.24) is 19.6 Å². The van der Waals surface area contributed by atoms with Crippen molar-refractivity contribution in [1.29, 1.82) is 0 Å². The molecule has 1 aromatic heterocycles. The number of piperidine rings is 1. The lowest BCUT2D eigenvalue weighted by molar-refractivity contribution is -0.143. The number of carbonyl (C=O) groups is 2. The number of aryl methyl sites for hydroxylation is 1. The third-order valence-electron chi connectivity index (χ3n) is 6.02. The minimum atomic E-state index is -0.609. The first kappa shape index (κ1) is 18.0. The number of rotatable bonds is 3. The molecule has 2 aliphatic heterocycles. The molecular weight excluding hydrogens is 348 g/mol. The van der Waals surface area contributed by atoms with E-state index in [-0.39, 0.29) is 42.3 Å². The molecule has 0 N–H and O–H groups in total. The monoisotopic (exact) mass is 374 g/mol. The first-order chi connectivity index (χ1) is 13.0. The van der Waals surface area contributed by atoms with Gasteiger partial charge in [-0.05, 0) is 38.5 Å². The molecule has 3 aliphatic rings. The van der Waals surface area contributed by atoms with E-state index in [1.54, 1.807) is 6.92 Å². The van der Waals surface area contributed by atoms with Crippen molar-refractivity contribution in [3.63, 3.8) is 0 Å². The number of nitrogens with zero attached hydrogens (tertiary/aromatic N) is 4. The Labute approximate surface area is 157 Å². The van der Waals surface area contributed by atoms with Gasteiger partial charge in [-0.1, -0.05) is 12.2 Å². The van der Waals surface area contributed by atoms with Crippen LogP contribution in [0, 0.1) is 12.8 Å². The molecule has 3 atom stereocenters. The number of amides is 2. The van der Waals surface area contributed by atoms with Gasteiger partial charge in [0, 0.05) is 25.9 Å². The molecule has 3 heterocycles. The van der Waals surface area contributed by atoms with E-state index in [1.165, 1.54) is 0 Å². The molecule has 0 radical (unpaired) electrons. The van der Waals surface area contributed by atoms with E-state index >= 15 is 0 Å². The Bertz CT molecular complexity index is 811. The van der Waals surface area contributed by atoms with E-state index in [4.69, 9.17) is 4.42 Å². The molecule has 2 fully saturated rings. The van der Waals surface area contributed by atoms with Crippen LogP contribution in [0.5, 0.6) is 0 Å². The van der Waals surface area contributed by atoms with Crippen molar-refractivity contribution < 1.29 is 14.0 Å². The van der Waals surface area contributed by atoms with Crippen LogP contribution in [0.25, 0.3) is 0 Å². The number of carbonyl (C=O) groups excluding carboxylic acids is 2. The van der Waals surface area contributed by atoms with Gasteiger partial charge in [-0.2, -0.15) is 4.68 Å². The van der Waals surface area contributed by atoms with Crippen LogP contribution in [-0.4, -0.2) is 56.6 Å². The maximum atomic E-state index is 13.0. The van der Waals surface area contributed by atoms with Gasteiger partial charge < -0.3 is 14.2 Å². The lowest BCUT2D eigenvalue weighted by Gasteiger charge is -2.41. The van der Waals surface area contributed by atoms with Crippen molar-refractivity contribution in [2.45, 2.75) is 64.1 Å². The Balaban J connectivity index is 1.45. The van der Waals surface area contributed by atoms with E-state index < -0.39 is 5.76 Å². The van der Waals surface area contributed by atoms with Gasteiger partial charge >= 0.3 is 5.76 Å². The third kappa shape index (κ3) is 3.44. The summed E-state index contributed by atoms with van der Waals surface area (Å²) in [6.07, 6.45) is 9.57. The maximum absolute atomic E-state index is 13.0. The average molecular weight is 374 g/mol. The van der Waals surface area contributed by atoms with Crippen molar-refractivity contribution in [2.24, 2.45) is 5.92 Å². The second-order valence-electron chi connectivity index (χ2n) is 7.71. The van der Waals surface area contributed by atoms with E-state index in [0.717, 1.165) is 49.8 Å². The molecule has 27 heavy (non-hydrogen) atoms. The molecular formula is C19H26N4O4. The minimum Gasteiger partial charge on any atom is -0.393 e. The lowest BCUT2D eigenvalue weighted by atomic mass is 9.89. The van der Waals surface area contributed by atoms with Crippen molar-refractivity contribution in [3.05, 3.63) is 28.6 Å². The van der Waals surface area contributed by atoms with Gasteiger partial charge in [0.15, 0.2) is 0 Å². The Hall–Kier alpha value is -2.38. The molecule has 0 unspecified atom stereocenters. The summed E-state index contributed by atoms with van der Waals surface area (Å²) in [4.78, 5) is 41.4.